The van der Waals surface area contributed by atoms with Crippen molar-refractivity contribution >= 4 is 23.2 Å². The Bertz CT molecular complexity index is 585. The lowest BCUT2D eigenvalue weighted by Gasteiger charge is -2.12. The van der Waals surface area contributed by atoms with Gasteiger partial charge in [-0.15, -0.1) is 0 Å². The van der Waals surface area contributed by atoms with Gasteiger partial charge in [0.2, 0.25) is 5.91 Å². The highest BCUT2D eigenvalue weighted by Gasteiger charge is 2.12. The van der Waals surface area contributed by atoms with Gasteiger partial charge in [-0.25, -0.2) is 9.67 Å². The first-order chi connectivity index (χ1) is 10.2. The quantitative estimate of drug-likeness (QED) is 0.769. The predicted molar refractivity (Wildman–Crippen MR) is 82.5 cm³/mol. The number of nitrogens with one attached hydrogen (secondary N) is 1. The summed E-state index contributed by atoms with van der Waals surface area (Å²) in [5.41, 5.74) is 6.67. The number of benzene rings is 1. The Labute approximate surface area is 128 Å². The minimum Gasteiger partial charge on any atom is -0.330 e. The van der Waals surface area contributed by atoms with E-state index in [2.05, 4.69) is 15.4 Å². The first kappa shape index (κ1) is 15.5. The maximum absolute atomic E-state index is 12.0. The van der Waals surface area contributed by atoms with Crippen LogP contribution in [0, 0.1) is 0 Å². The van der Waals surface area contributed by atoms with Crippen LogP contribution in [-0.2, 0) is 4.79 Å². The van der Waals surface area contributed by atoms with E-state index in [1.165, 1.54) is 17.3 Å². The number of aromatic nitrogens is 3. The van der Waals surface area contributed by atoms with E-state index in [9.17, 15) is 4.79 Å². The molecule has 0 aliphatic carbocycles. The topological polar surface area (TPSA) is 85.8 Å². The third-order valence-electron chi connectivity index (χ3n) is 3.02. The van der Waals surface area contributed by atoms with Crippen molar-refractivity contribution in [2.75, 3.05) is 11.9 Å². The van der Waals surface area contributed by atoms with Gasteiger partial charge in [0.05, 0.1) is 10.7 Å². The van der Waals surface area contributed by atoms with Gasteiger partial charge in [0.25, 0.3) is 0 Å². The van der Waals surface area contributed by atoms with E-state index < -0.39 is 0 Å². The Morgan fingerprint density at radius 1 is 1.33 bits per heavy atom. The van der Waals surface area contributed by atoms with Gasteiger partial charge in [-0.3, -0.25) is 4.79 Å². The average Bonchev–Trinajstić information content (AvgIpc) is 2.97. The van der Waals surface area contributed by atoms with E-state index in [-0.39, 0.29) is 5.91 Å². The number of carbonyl (C=O) groups is 1. The predicted octanol–water partition coefficient (Wildman–Crippen LogP) is 2.38. The molecule has 0 spiro atoms. The molecule has 112 valence electrons. The van der Waals surface area contributed by atoms with E-state index in [1.807, 2.05) is 0 Å². The van der Waals surface area contributed by atoms with Gasteiger partial charge in [0.1, 0.15) is 18.3 Å². The van der Waals surface area contributed by atoms with Crippen LogP contribution >= 0.6 is 11.6 Å². The van der Waals surface area contributed by atoms with Crippen LogP contribution in [0.15, 0.2) is 30.9 Å². The molecule has 2 aromatic rings. The van der Waals surface area contributed by atoms with Gasteiger partial charge in [0.15, 0.2) is 0 Å². The number of rotatable bonds is 7. The van der Waals surface area contributed by atoms with Crippen molar-refractivity contribution in [3.8, 4) is 5.69 Å². The molecule has 0 fully saturated rings. The van der Waals surface area contributed by atoms with E-state index >= 15 is 0 Å². The molecule has 7 heteroatoms. The molecule has 0 saturated heterocycles. The number of nitrogens with zero attached hydrogens (tertiary/aromatic N) is 3. The first-order valence-corrected chi connectivity index (χ1v) is 7.23. The Morgan fingerprint density at radius 2 is 2.19 bits per heavy atom. The van der Waals surface area contributed by atoms with Gasteiger partial charge in [-0.05, 0) is 31.5 Å². The van der Waals surface area contributed by atoms with Gasteiger partial charge in [0, 0.05) is 6.42 Å². The highest BCUT2D eigenvalue weighted by molar-refractivity contribution is 6.33. The Hall–Kier alpha value is -1.92. The van der Waals surface area contributed by atoms with Crippen LogP contribution in [0.1, 0.15) is 25.7 Å². The van der Waals surface area contributed by atoms with Crippen molar-refractivity contribution in [3.63, 3.8) is 0 Å². The summed E-state index contributed by atoms with van der Waals surface area (Å²) < 4.78 is 1.53. The number of hydrogen-bond acceptors (Lipinski definition) is 4. The zero-order chi connectivity index (χ0) is 15.1. The van der Waals surface area contributed by atoms with Crippen LogP contribution < -0.4 is 11.1 Å². The fraction of sp³-hybridized carbons (Fsp3) is 0.357. The molecule has 3 N–H and O–H groups in total. The number of carbonyl (C=O) groups excluding carboxylic acids is 1. The third kappa shape index (κ3) is 4.27. The maximum atomic E-state index is 12.0. The summed E-state index contributed by atoms with van der Waals surface area (Å²) in [5.74, 6) is -0.0457. The average molecular weight is 308 g/mol. The molecule has 0 saturated carbocycles. The largest absolute Gasteiger partial charge is 0.330 e. The second kappa shape index (κ2) is 7.75. The molecule has 0 unspecified atom stereocenters. The fourth-order valence-electron chi connectivity index (χ4n) is 1.99. The van der Waals surface area contributed by atoms with Crippen molar-refractivity contribution in [2.24, 2.45) is 5.73 Å². The standard InChI is InChI=1S/C14H18ClN5O/c15-11-5-4-6-12(14(11)20-10-17-9-18-20)19-13(21)7-2-1-3-8-16/h4-6,9-10H,1-3,7-8,16H2,(H,19,21). The zero-order valence-corrected chi connectivity index (χ0v) is 12.4. The smallest absolute Gasteiger partial charge is 0.224 e. The van der Waals surface area contributed by atoms with Crippen LogP contribution in [-0.4, -0.2) is 27.2 Å². The molecule has 0 aliphatic heterocycles. The summed E-state index contributed by atoms with van der Waals surface area (Å²) in [7, 11) is 0. The van der Waals surface area contributed by atoms with Crippen LogP contribution in [0.3, 0.4) is 0 Å². The molecule has 0 atom stereocenters. The molecule has 1 aromatic carbocycles. The summed E-state index contributed by atoms with van der Waals surface area (Å²) in [6.45, 7) is 0.659. The number of halogens is 1. The molecule has 0 radical (unpaired) electrons. The number of unbranched alkanes of at least 4 members (excludes halogenated alkanes) is 2. The van der Waals surface area contributed by atoms with Gasteiger partial charge in [-0.2, -0.15) is 5.10 Å². The molecule has 2 rings (SSSR count). The Balaban J connectivity index is 2.07. The minimum absolute atomic E-state index is 0.0457. The molecular weight excluding hydrogens is 290 g/mol. The SMILES string of the molecule is NCCCCCC(=O)Nc1cccc(Cl)c1-n1cncn1. The van der Waals surface area contributed by atoms with Crippen molar-refractivity contribution in [2.45, 2.75) is 25.7 Å². The van der Waals surface area contributed by atoms with Crippen molar-refractivity contribution in [1.82, 2.24) is 14.8 Å². The lowest BCUT2D eigenvalue weighted by Crippen LogP contribution is -2.14. The van der Waals surface area contributed by atoms with Crippen molar-refractivity contribution in [1.29, 1.82) is 0 Å². The summed E-state index contributed by atoms with van der Waals surface area (Å²) >= 11 is 6.20. The van der Waals surface area contributed by atoms with Gasteiger partial charge >= 0.3 is 0 Å². The molecule has 21 heavy (non-hydrogen) atoms. The van der Waals surface area contributed by atoms with E-state index in [0.717, 1.165) is 19.3 Å². The number of para-hydroxylation sites is 1. The van der Waals surface area contributed by atoms with Crippen molar-refractivity contribution in [3.05, 3.63) is 35.9 Å². The number of nitrogens with two attached hydrogens (primary N) is 1. The molecule has 6 nitrogen and oxygen atoms in total. The molecule has 0 bridgehead atoms. The second-order valence-corrected chi connectivity index (χ2v) is 5.03. The number of anilines is 1. The molecular formula is C14H18ClN5O. The second-order valence-electron chi connectivity index (χ2n) is 4.62. The van der Waals surface area contributed by atoms with E-state index in [4.69, 9.17) is 17.3 Å². The summed E-state index contributed by atoms with van der Waals surface area (Å²) in [6, 6.07) is 5.32. The molecule has 1 heterocycles. The normalized spacial score (nSPS) is 10.6. The lowest BCUT2D eigenvalue weighted by atomic mass is 10.2. The number of hydrogen-bond donors (Lipinski definition) is 2. The van der Waals surface area contributed by atoms with Gasteiger partial charge in [-0.1, -0.05) is 24.1 Å². The monoisotopic (exact) mass is 307 g/mol. The Kier molecular flexibility index (Phi) is 5.71. The highest BCUT2D eigenvalue weighted by atomic mass is 35.5. The first-order valence-electron chi connectivity index (χ1n) is 6.86. The Morgan fingerprint density at radius 3 is 2.90 bits per heavy atom. The van der Waals surface area contributed by atoms with Crippen LogP contribution in [0.5, 0.6) is 0 Å². The summed E-state index contributed by atoms with van der Waals surface area (Å²) in [4.78, 5) is 15.9. The van der Waals surface area contributed by atoms with E-state index in [1.54, 1.807) is 18.2 Å². The summed E-state index contributed by atoms with van der Waals surface area (Å²) in [6.07, 6.45) is 6.13. The lowest BCUT2D eigenvalue weighted by molar-refractivity contribution is -0.116. The molecule has 0 aliphatic rings. The maximum Gasteiger partial charge on any atom is 0.224 e. The highest BCUT2D eigenvalue weighted by Crippen LogP contribution is 2.27. The van der Waals surface area contributed by atoms with Crippen LogP contribution in [0.4, 0.5) is 5.69 Å². The molecule has 1 amide bonds. The van der Waals surface area contributed by atoms with Crippen LogP contribution in [0.2, 0.25) is 5.02 Å². The zero-order valence-electron chi connectivity index (χ0n) is 11.6. The van der Waals surface area contributed by atoms with Crippen molar-refractivity contribution < 1.29 is 4.79 Å². The number of amides is 1. The fourth-order valence-corrected chi connectivity index (χ4v) is 2.25. The minimum atomic E-state index is -0.0457. The molecule has 1 aromatic heterocycles. The van der Waals surface area contributed by atoms with Gasteiger partial charge < -0.3 is 11.1 Å². The summed E-state index contributed by atoms with van der Waals surface area (Å²) in [5, 5.41) is 7.43. The van der Waals surface area contributed by atoms with Crippen LogP contribution in [0.25, 0.3) is 5.69 Å². The van der Waals surface area contributed by atoms with E-state index in [0.29, 0.717) is 29.4 Å². The third-order valence-corrected chi connectivity index (χ3v) is 3.32.